The molecule has 4 nitrogen and oxygen atoms in total. The van der Waals surface area contributed by atoms with Gasteiger partial charge in [0.15, 0.2) is 0 Å². The third-order valence-electron chi connectivity index (χ3n) is 6.25. The summed E-state index contributed by atoms with van der Waals surface area (Å²) < 4.78 is 20.6. The molecule has 2 aliphatic heterocycles. The SMILES string of the molecule is CCCCOc1cccc(F)c1-c1cccc([C@H]2CC[C@]3(CCN(C)C3=O)N2)c1. The molecule has 1 N–H and O–H groups in total. The number of benzene rings is 2. The third kappa shape index (κ3) is 3.76. The van der Waals surface area contributed by atoms with Crippen molar-refractivity contribution in [1.29, 1.82) is 0 Å². The van der Waals surface area contributed by atoms with E-state index in [4.69, 9.17) is 4.74 Å². The van der Waals surface area contributed by atoms with E-state index < -0.39 is 5.54 Å². The Balaban J connectivity index is 1.60. The molecule has 4 rings (SSSR count). The van der Waals surface area contributed by atoms with E-state index in [2.05, 4.69) is 18.3 Å². The molecule has 2 heterocycles. The maximum atomic E-state index is 14.7. The highest BCUT2D eigenvalue weighted by molar-refractivity contribution is 5.88. The van der Waals surface area contributed by atoms with Crippen molar-refractivity contribution in [2.24, 2.45) is 0 Å². The Morgan fingerprint density at radius 2 is 2.07 bits per heavy atom. The fourth-order valence-corrected chi connectivity index (χ4v) is 4.56. The first-order valence-electron chi connectivity index (χ1n) is 10.6. The van der Waals surface area contributed by atoms with Gasteiger partial charge < -0.3 is 9.64 Å². The maximum Gasteiger partial charge on any atom is 0.242 e. The molecule has 2 aliphatic rings. The van der Waals surface area contributed by atoms with Crippen LogP contribution in [0.1, 0.15) is 50.6 Å². The van der Waals surface area contributed by atoms with Gasteiger partial charge in [-0.3, -0.25) is 10.1 Å². The highest BCUT2D eigenvalue weighted by Gasteiger charge is 2.49. The molecule has 0 aromatic heterocycles. The first-order valence-corrected chi connectivity index (χ1v) is 10.6. The molecule has 2 aromatic carbocycles. The Labute approximate surface area is 172 Å². The van der Waals surface area contributed by atoms with Crippen LogP contribution in [-0.2, 0) is 4.79 Å². The normalized spacial score (nSPS) is 23.9. The molecule has 2 fully saturated rings. The highest BCUT2D eigenvalue weighted by atomic mass is 19.1. The van der Waals surface area contributed by atoms with Crippen LogP contribution in [0.15, 0.2) is 42.5 Å². The van der Waals surface area contributed by atoms with Crippen LogP contribution in [0.3, 0.4) is 0 Å². The molecule has 154 valence electrons. The summed E-state index contributed by atoms with van der Waals surface area (Å²) in [4.78, 5) is 14.4. The number of carbonyl (C=O) groups excluding carboxylic acids is 1. The summed E-state index contributed by atoms with van der Waals surface area (Å²) in [6.07, 6.45) is 4.56. The van der Waals surface area contributed by atoms with Crippen LogP contribution in [0.25, 0.3) is 11.1 Å². The van der Waals surface area contributed by atoms with Crippen LogP contribution in [0.4, 0.5) is 4.39 Å². The number of nitrogens with zero attached hydrogens (tertiary/aromatic N) is 1. The fourth-order valence-electron chi connectivity index (χ4n) is 4.56. The first kappa shape index (κ1) is 19.9. The molecule has 29 heavy (non-hydrogen) atoms. The summed E-state index contributed by atoms with van der Waals surface area (Å²) in [6.45, 7) is 3.48. The molecule has 0 saturated carbocycles. The number of hydrogen-bond donors (Lipinski definition) is 1. The Hall–Kier alpha value is -2.40. The Bertz CT molecular complexity index is 900. The fraction of sp³-hybridized carbons (Fsp3) is 0.458. The number of unbranched alkanes of at least 4 members (excludes halogenated alkanes) is 1. The van der Waals surface area contributed by atoms with Gasteiger partial charge in [0.25, 0.3) is 0 Å². The minimum atomic E-state index is -0.429. The smallest absolute Gasteiger partial charge is 0.242 e. The van der Waals surface area contributed by atoms with Crippen molar-refractivity contribution >= 4 is 5.91 Å². The Morgan fingerprint density at radius 3 is 2.83 bits per heavy atom. The Kier molecular flexibility index (Phi) is 5.59. The molecule has 0 bridgehead atoms. The van der Waals surface area contributed by atoms with Crippen molar-refractivity contribution in [3.8, 4) is 16.9 Å². The number of amides is 1. The van der Waals surface area contributed by atoms with Crippen LogP contribution in [0.2, 0.25) is 0 Å². The van der Waals surface area contributed by atoms with Gasteiger partial charge in [-0.1, -0.05) is 37.6 Å². The van der Waals surface area contributed by atoms with Crippen molar-refractivity contribution in [3.63, 3.8) is 0 Å². The summed E-state index contributed by atoms with van der Waals surface area (Å²) >= 11 is 0. The van der Waals surface area contributed by atoms with Gasteiger partial charge in [0, 0.05) is 19.6 Å². The minimum absolute atomic E-state index is 0.0987. The number of halogens is 1. The number of carbonyl (C=O) groups is 1. The zero-order valence-corrected chi connectivity index (χ0v) is 17.2. The molecule has 2 saturated heterocycles. The number of nitrogens with one attached hydrogen (secondary N) is 1. The van der Waals surface area contributed by atoms with Gasteiger partial charge in [-0.05, 0) is 55.0 Å². The number of likely N-dealkylation sites (tertiary alicyclic amines) is 1. The van der Waals surface area contributed by atoms with E-state index in [9.17, 15) is 9.18 Å². The second-order valence-electron chi connectivity index (χ2n) is 8.23. The molecule has 0 radical (unpaired) electrons. The Morgan fingerprint density at radius 1 is 1.24 bits per heavy atom. The van der Waals surface area contributed by atoms with Crippen LogP contribution in [-0.4, -0.2) is 36.5 Å². The minimum Gasteiger partial charge on any atom is -0.493 e. The molecule has 1 amide bonds. The molecule has 2 aromatic rings. The van der Waals surface area contributed by atoms with Crippen molar-refractivity contribution in [3.05, 3.63) is 53.8 Å². The molecule has 2 atom stereocenters. The van der Waals surface area contributed by atoms with Crippen molar-refractivity contribution in [1.82, 2.24) is 10.2 Å². The van der Waals surface area contributed by atoms with Gasteiger partial charge >= 0.3 is 0 Å². The van der Waals surface area contributed by atoms with E-state index in [1.807, 2.05) is 36.2 Å². The standard InChI is InChI=1S/C24H29FN2O2/c1-3-4-15-29-21-10-6-9-19(25)22(21)18-8-5-7-17(16-18)20-11-12-24(26-20)13-14-27(2)23(24)28/h5-10,16,20,26H,3-4,11-15H2,1-2H3/t20-,24-/m1/s1. The van der Waals surface area contributed by atoms with Crippen LogP contribution in [0, 0.1) is 5.82 Å². The number of ether oxygens (including phenoxy) is 1. The monoisotopic (exact) mass is 396 g/mol. The maximum absolute atomic E-state index is 14.7. The highest BCUT2D eigenvalue weighted by Crippen LogP contribution is 2.40. The van der Waals surface area contributed by atoms with E-state index in [1.54, 1.807) is 6.07 Å². The van der Waals surface area contributed by atoms with Gasteiger partial charge in [-0.15, -0.1) is 0 Å². The van der Waals surface area contributed by atoms with Gasteiger partial charge in [-0.2, -0.15) is 0 Å². The molecule has 0 unspecified atom stereocenters. The third-order valence-corrected chi connectivity index (χ3v) is 6.25. The molecule has 5 heteroatoms. The summed E-state index contributed by atoms with van der Waals surface area (Å²) in [5.41, 5.74) is 1.98. The number of likely N-dealkylation sites (N-methyl/N-ethyl adjacent to an activating group) is 1. The van der Waals surface area contributed by atoms with Crippen LogP contribution < -0.4 is 10.1 Å². The van der Waals surface area contributed by atoms with E-state index in [0.29, 0.717) is 17.9 Å². The second kappa shape index (κ2) is 8.15. The van der Waals surface area contributed by atoms with Crippen LogP contribution >= 0.6 is 0 Å². The number of rotatable bonds is 6. The summed E-state index contributed by atoms with van der Waals surface area (Å²) in [6, 6.07) is 13.1. The van der Waals surface area contributed by atoms with Gasteiger partial charge in [0.2, 0.25) is 5.91 Å². The summed E-state index contributed by atoms with van der Waals surface area (Å²) in [5, 5.41) is 3.60. The molecule has 0 aliphatic carbocycles. The van der Waals surface area contributed by atoms with E-state index in [-0.39, 0.29) is 17.8 Å². The largest absolute Gasteiger partial charge is 0.493 e. The van der Waals surface area contributed by atoms with E-state index >= 15 is 0 Å². The average Bonchev–Trinajstić information content (AvgIpc) is 3.28. The van der Waals surface area contributed by atoms with Gasteiger partial charge in [0.1, 0.15) is 17.1 Å². The zero-order chi connectivity index (χ0) is 20.4. The van der Waals surface area contributed by atoms with Crippen molar-refractivity contribution < 1.29 is 13.9 Å². The predicted octanol–water partition coefficient (Wildman–Crippen LogP) is 4.70. The average molecular weight is 397 g/mol. The van der Waals surface area contributed by atoms with Crippen LogP contribution in [0.5, 0.6) is 5.75 Å². The van der Waals surface area contributed by atoms with E-state index in [0.717, 1.165) is 49.8 Å². The lowest BCUT2D eigenvalue weighted by Gasteiger charge is -2.23. The molecule has 1 spiro atoms. The second-order valence-corrected chi connectivity index (χ2v) is 8.23. The topological polar surface area (TPSA) is 41.6 Å². The van der Waals surface area contributed by atoms with Crippen molar-refractivity contribution in [2.45, 2.75) is 50.6 Å². The van der Waals surface area contributed by atoms with E-state index in [1.165, 1.54) is 6.07 Å². The lowest BCUT2D eigenvalue weighted by atomic mass is 9.95. The zero-order valence-electron chi connectivity index (χ0n) is 17.2. The summed E-state index contributed by atoms with van der Waals surface area (Å²) in [7, 11) is 1.87. The van der Waals surface area contributed by atoms with Crippen molar-refractivity contribution in [2.75, 3.05) is 20.2 Å². The molecular formula is C24H29FN2O2. The van der Waals surface area contributed by atoms with Gasteiger partial charge in [0.05, 0.1) is 12.2 Å². The predicted molar refractivity (Wildman–Crippen MR) is 112 cm³/mol. The first-order chi connectivity index (χ1) is 14.0. The lowest BCUT2D eigenvalue weighted by Crippen LogP contribution is -2.47. The van der Waals surface area contributed by atoms with Gasteiger partial charge in [-0.25, -0.2) is 4.39 Å². The lowest BCUT2D eigenvalue weighted by molar-refractivity contribution is -0.131. The quantitative estimate of drug-likeness (QED) is 0.720. The number of hydrogen-bond acceptors (Lipinski definition) is 3. The molecular weight excluding hydrogens is 367 g/mol. The summed E-state index contributed by atoms with van der Waals surface area (Å²) in [5.74, 6) is 0.496.